The minimum absolute atomic E-state index is 0.241. The molecule has 0 saturated heterocycles. The molecule has 34 heavy (non-hydrogen) atoms. The van der Waals surface area contributed by atoms with Crippen LogP contribution in [0.5, 0.6) is 11.5 Å². The molecule has 3 aromatic rings. The van der Waals surface area contributed by atoms with Crippen molar-refractivity contribution in [1.29, 1.82) is 0 Å². The summed E-state index contributed by atoms with van der Waals surface area (Å²) in [5, 5.41) is 8.93. The Morgan fingerprint density at radius 2 is 1.82 bits per heavy atom. The number of fused-ring (bicyclic) bond motifs is 1. The molecule has 1 N–H and O–H groups in total. The number of halogens is 2. The van der Waals surface area contributed by atoms with Crippen molar-refractivity contribution in [2.75, 3.05) is 42.6 Å². The fraction of sp³-hybridized carbons (Fsp3) is 0.200. The Kier molecular flexibility index (Phi) is 7.32. The van der Waals surface area contributed by atoms with Gasteiger partial charge in [0, 0.05) is 28.8 Å². The molecular formula is C25H22BrFN2O5. The molecule has 0 aliphatic carbocycles. The molecule has 3 aromatic carbocycles. The second kappa shape index (κ2) is 10.6. The summed E-state index contributed by atoms with van der Waals surface area (Å²) in [7, 11) is 0. The Labute approximate surface area is 204 Å². The van der Waals surface area contributed by atoms with Gasteiger partial charge in [-0.25, -0.2) is 9.18 Å². The second-order valence-electron chi connectivity index (χ2n) is 7.56. The van der Waals surface area contributed by atoms with Crippen molar-refractivity contribution < 1.29 is 28.6 Å². The molecule has 0 radical (unpaired) electrons. The van der Waals surface area contributed by atoms with Gasteiger partial charge in [0.25, 0.3) is 5.91 Å². The third-order valence-electron chi connectivity index (χ3n) is 5.33. The van der Waals surface area contributed by atoms with Crippen molar-refractivity contribution in [3.05, 3.63) is 82.6 Å². The summed E-state index contributed by atoms with van der Waals surface area (Å²) in [4.78, 5) is 28.0. The number of anilines is 2. The molecule has 1 aliphatic heterocycles. The number of carbonyl (C=O) groups excluding carboxylic acids is 1. The Bertz CT molecular complexity index is 1170. The average molecular weight is 529 g/mol. The highest BCUT2D eigenvalue weighted by molar-refractivity contribution is 9.10. The fourth-order valence-corrected chi connectivity index (χ4v) is 3.96. The number of benzene rings is 3. The van der Waals surface area contributed by atoms with Crippen LogP contribution in [-0.4, -0.2) is 49.8 Å². The van der Waals surface area contributed by atoms with Gasteiger partial charge in [0.05, 0.1) is 12.2 Å². The third-order valence-corrected chi connectivity index (χ3v) is 5.85. The standard InChI is InChI=1S/C25H22BrFN2O5/c26-18-6-10-20(11-7-18)29(25(32)17-4-8-19(27)9-5-17)13-12-28-14-15-33-24-21(28)2-1-3-22(24)34-16-23(30)31/h1-11H,12-16H2,(H,30,31). The minimum atomic E-state index is -1.07. The van der Waals surface area contributed by atoms with E-state index < -0.39 is 18.4 Å². The van der Waals surface area contributed by atoms with Crippen LogP contribution in [0.3, 0.4) is 0 Å². The summed E-state index contributed by atoms with van der Waals surface area (Å²) in [5.74, 6) is -0.881. The Morgan fingerprint density at radius 1 is 1.09 bits per heavy atom. The van der Waals surface area contributed by atoms with Crippen molar-refractivity contribution in [2.45, 2.75) is 0 Å². The Morgan fingerprint density at radius 3 is 2.53 bits per heavy atom. The van der Waals surface area contributed by atoms with Gasteiger partial charge in [-0.3, -0.25) is 4.79 Å². The number of nitrogens with zero attached hydrogens (tertiary/aromatic N) is 2. The van der Waals surface area contributed by atoms with Gasteiger partial charge in [0.1, 0.15) is 12.4 Å². The first kappa shape index (κ1) is 23.6. The zero-order valence-electron chi connectivity index (χ0n) is 18.1. The van der Waals surface area contributed by atoms with Gasteiger partial charge in [-0.05, 0) is 60.7 Å². The lowest BCUT2D eigenvalue weighted by Gasteiger charge is -2.34. The van der Waals surface area contributed by atoms with Crippen LogP contribution in [0.1, 0.15) is 10.4 Å². The third kappa shape index (κ3) is 5.48. The second-order valence-corrected chi connectivity index (χ2v) is 8.48. The monoisotopic (exact) mass is 528 g/mol. The topological polar surface area (TPSA) is 79.3 Å². The molecule has 0 aromatic heterocycles. The van der Waals surface area contributed by atoms with E-state index in [0.29, 0.717) is 49.0 Å². The van der Waals surface area contributed by atoms with Crippen LogP contribution >= 0.6 is 15.9 Å². The molecule has 9 heteroatoms. The van der Waals surface area contributed by atoms with Crippen LogP contribution in [0.25, 0.3) is 0 Å². The Balaban J connectivity index is 1.57. The van der Waals surface area contributed by atoms with Crippen molar-refractivity contribution in [3.63, 3.8) is 0 Å². The van der Waals surface area contributed by atoms with E-state index in [1.807, 2.05) is 30.3 Å². The predicted octanol–water partition coefficient (Wildman–Crippen LogP) is 4.60. The first-order chi connectivity index (χ1) is 16.4. The summed E-state index contributed by atoms with van der Waals surface area (Å²) in [6, 6.07) is 18.2. The molecule has 4 rings (SSSR count). The van der Waals surface area contributed by atoms with E-state index >= 15 is 0 Å². The quantitative estimate of drug-likeness (QED) is 0.460. The summed E-state index contributed by atoms with van der Waals surface area (Å²) >= 11 is 3.42. The lowest BCUT2D eigenvalue weighted by Crippen LogP contribution is -2.41. The Hall–Kier alpha value is -3.59. The maximum atomic E-state index is 13.4. The number of rotatable bonds is 8. The summed E-state index contributed by atoms with van der Waals surface area (Å²) in [5.41, 5.74) is 1.86. The van der Waals surface area contributed by atoms with Crippen molar-refractivity contribution in [3.8, 4) is 11.5 Å². The molecular weight excluding hydrogens is 507 g/mol. The van der Waals surface area contributed by atoms with E-state index in [-0.39, 0.29) is 5.91 Å². The van der Waals surface area contributed by atoms with E-state index in [1.165, 1.54) is 24.3 Å². The first-order valence-electron chi connectivity index (χ1n) is 10.6. The average Bonchev–Trinajstić information content (AvgIpc) is 2.84. The molecule has 0 bridgehead atoms. The number of hydrogen-bond acceptors (Lipinski definition) is 5. The van der Waals surface area contributed by atoms with Crippen LogP contribution in [0.2, 0.25) is 0 Å². The molecule has 1 amide bonds. The van der Waals surface area contributed by atoms with E-state index in [9.17, 15) is 14.0 Å². The number of carboxylic acids is 1. The van der Waals surface area contributed by atoms with Gasteiger partial charge >= 0.3 is 5.97 Å². The highest BCUT2D eigenvalue weighted by atomic mass is 79.9. The normalized spacial score (nSPS) is 12.5. The molecule has 1 heterocycles. The van der Waals surface area contributed by atoms with Crippen LogP contribution < -0.4 is 19.3 Å². The lowest BCUT2D eigenvalue weighted by molar-refractivity contribution is -0.139. The molecule has 0 fully saturated rings. The van der Waals surface area contributed by atoms with E-state index in [1.54, 1.807) is 17.0 Å². The van der Waals surface area contributed by atoms with Crippen molar-refractivity contribution >= 4 is 39.2 Å². The lowest BCUT2D eigenvalue weighted by atomic mass is 10.1. The highest BCUT2D eigenvalue weighted by Gasteiger charge is 2.24. The molecule has 1 aliphatic rings. The molecule has 0 atom stereocenters. The number of carboxylic acid groups (broad SMARTS) is 1. The largest absolute Gasteiger partial charge is 0.486 e. The molecule has 0 saturated carbocycles. The number of ether oxygens (including phenoxy) is 2. The van der Waals surface area contributed by atoms with Gasteiger partial charge in [-0.1, -0.05) is 22.0 Å². The van der Waals surface area contributed by atoms with Crippen LogP contribution in [-0.2, 0) is 4.79 Å². The van der Waals surface area contributed by atoms with E-state index in [2.05, 4.69) is 20.8 Å². The van der Waals surface area contributed by atoms with Crippen molar-refractivity contribution in [1.82, 2.24) is 0 Å². The maximum absolute atomic E-state index is 13.4. The van der Waals surface area contributed by atoms with Gasteiger partial charge in [-0.15, -0.1) is 0 Å². The van der Waals surface area contributed by atoms with Crippen molar-refractivity contribution in [2.24, 2.45) is 0 Å². The fourth-order valence-electron chi connectivity index (χ4n) is 3.70. The predicted molar refractivity (Wildman–Crippen MR) is 129 cm³/mol. The van der Waals surface area contributed by atoms with Crippen LogP contribution in [0.4, 0.5) is 15.8 Å². The molecule has 176 valence electrons. The number of hydrogen-bond donors (Lipinski definition) is 1. The van der Waals surface area contributed by atoms with Gasteiger partial charge in [0.2, 0.25) is 0 Å². The zero-order valence-corrected chi connectivity index (χ0v) is 19.7. The maximum Gasteiger partial charge on any atom is 0.341 e. The summed E-state index contributed by atoms with van der Waals surface area (Å²) < 4.78 is 25.4. The van der Waals surface area contributed by atoms with E-state index in [4.69, 9.17) is 14.6 Å². The van der Waals surface area contributed by atoms with Gasteiger partial charge < -0.3 is 24.4 Å². The minimum Gasteiger partial charge on any atom is -0.486 e. The summed E-state index contributed by atoms with van der Waals surface area (Å²) in [6.45, 7) is 1.36. The zero-order chi connectivity index (χ0) is 24.1. The molecule has 7 nitrogen and oxygen atoms in total. The van der Waals surface area contributed by atoms with Gasteiger partial charge in [0.15, 0.2) is 18.1 Å². The smallest absolute Gasteiger partial charge is 0.341 e. The van der Waals surface area contributed by atoms with Crippen LogP contribution in [0.15, 0.2) is 71.2 Å². The van der Waals surface area contributed by atoms with Crippen LogP contribution in [0, 0.1) is 5.82 Å². The number of aliphatic carboxylic acids is 1. The van der Waals surface area contributed by atoms with Gasteiger partial charge in [-0.2, -0.15) is 0 Å². The number of para-hydroxylation sites is 1. The SMILES string of the molecule is O=C(O)COc1cccc2c1OCCN2CCN(C(=O)c1ccc(F)cc1)c1ccc(Br)cc1. The molecule has 0 spiro atoms. The molecule has 0 unspecified atom stereocenters. The first-order valence-corrected chi connectivity index (χ1v) is 11.4. The number of carbonyl (C=O) groups is 2. The van der Waals surface area contributed by atoms with E-state index in [0.717, 1.165) is 10.2 Å². The summed E-state index contributed by atoms with van der Waals surface area (Å²) in [6.07, 6.45) is 0. The highest BCUT2D eigenvalue weighted by Crippen LogP contribution is 2.40. The number of amides is 1.